The lowest BCUT2D eigenvalue weighted by Gasteiger charge is -1.99. The predicted octanol–water partition coefficient (Wildman–Crippen LogP) is 4.43. The molecule has 5 nitrogen and oxygen atoms in total. The van der Waals surface area contributed by atoms with Crippen LogP contribution in [0, 0.1) is 0 Å². The van der Waals surface area contributed by atoms with Crippen molar-refractivity contribution in [1.29, 1.82) is 0 Å². The van der Waals surface area contributed by atoms with Crippen molar-refractivity contribution >= 4 is 57.2 Å². The highest BCUT2D eigenvalue weighted by Crippen LogP contribution is 2.28. The molecule has 0 fully saturated rings. The quantitative estimate of drug-likeness (QED) is 0.556. The van der Waals surface area contributed by atoms with Gasteiger partial charge in [-0.05, 0) is 11.3 Å². The number of hydrogen-bond donors (Lipinski definition) is 1. The van der Waals surface area contributed by atoms with E-state index in [-0.39, 0.29) is 5.91 Å². The Bertz CT molecular complexity index is 818. The van der Waals surface area contributed by atoms with Gasteiger partial charge < -0.3 is 5.32 Å². The summed E-state index contributed by atoms with van der Waals surface area (Å²) in [4.78, 5) is 17.5. The molecule has 1 aromatic carbocycles. The van der Waals surface area contributed by atoms with Crippen molar-refractivity contribution in [2.45, 2.75) is 22.0 Å². The SMILES string of the molecule is CCSc1nnc(SCC(=O)Nc2ncc(Cc3ccccc3)s2)s1. The minimum Gasteiger partial charge on any atom is -0.301 e. The lowest BCUT2D eigenvalue weighted by Crippen LogP contribution is -2.13. The molecule has 0 aliphatic rings. The van der Waals surface area contributed by atoms with Crippen molar-refractivity contribution in [2.75, 3.05) is 16.8 Å². The first-order valence-electron chi connectivity index (χ1n) is 7.60. The molecule has 130 valence electrons. The molecule has 2 aromatic heterocycles. The summed E-state index contributed by atoms with van der Waals surface area (Å²) in [6.45, 7) is 2.08. The average molecular weight is 409 g/mol. The van der Waals surface area contributed by atoms with Crippen LogP contribution in [0.3, 0.4) is 0 Å². The van der Waals surface area contributed by atoms with Crippen LogP contribution in [0.4, 0.5) is 5.13 Å². The fraction of sp³-hybridized carbons (Fsp3) is 0.250. The summed E-state index contributed by atoms with van der Waals surface area (Å²) < 4.78 is 1.76. The van der Waals surface area contributed by atoms with Crippen LogP contribution >= 0.6 is 46.2 Å². The first-order valence-corrected chi connectivity index (χ1v) is 11.2. The molecule has 0 bridgehead atoms. The number of carbonyl (C=O) groups excluding carboxylic acids is 1. The topological polar surface area (TPSA) is 67.8 Å². The average Bonchev–Trinajstić information content (AvgIpc) is 3.24. The van der Waals surface area contributed by atoms with Crippen molar-refractivity contribution in [2.24, 2.45) is 0 Å². The van der Waals surface area contributed by atoms with E-state index >= 15 is 0 Å². The Kier molecular flexibility index (Phi) is 6.85. The molecule has 0 saturated carbocycles. The molecule has 9 heteroatoms. The van der Waals surface area contributed by atoms with Gasteiger partial charge in [0, 0.05) is 17.5 Å². The highest BCUT2D eigenvalue weighted by atomic mass is 32.2. The van der Waals surface area contributed by atoms with E-state index in [1.54, 1.807) is 11.8 Å². The molecule has 0 unspecified atom stereocenters. The second-order valence-electron chi connectivity index (χ2n) is 4.90. The molecule has 3 aromatic rings. The number of nitrogens with one attached hydrogen (secondary N) is 1. The number of amides is 1. The first-order chi connectivity index (χ1) is 12.2. The number of nitrogens with zero attached hydrogens (tertiary/aromatic N) is 3. The van der Waals surface area contributed by atoms with E-state index in [1.807, 2.05) is 24.4 Å². The Hall–Kier alpha value is -1.42. The summed E-state index contributed by atoms with van der Waals surface area (Å²) in [7, 11) is 0. The summed E-state index contributed by atoms with van der Waals surface area (Å²) in [6.07, 6.45) is 2.64. The molecule has 0 aliphatic carbocycles. The molecule has 1 N–H and O–H groups in total. The van der Waals surface area contributed by atoms with Crippen LogP contribution in [-0.2, 0) is 11.2 Å². The molecular formula is C16H16N4OS4. The van der Waals surface area contributed by atoms with Crippen molar-refractivity contribution < 1.29 is 4.79 Å². The van der Waals surface area contributed by atoms with Gasteiger partial charge in [0.05, 0.1) is 5.75 Å². The van der Waals surface area contributed by atoms with Crippen LogP contribution in [0.2, 0.25) is 0 Å². The van der Waals surface area contributed by atoms with Crippen molar-refractivity contribution in [3.63, 3.8) is 0 Å². The Morgan fingerprint density at radius 3 is 2.64 bits per heavy atom. The van der Waals surface area contributed by atoms with E-state index in [0.717, 1.165) is 25.7 Å². The van der Waals surface area contributed by atoms with Crippen molar-refractivity contribution in [1.82, 2.24) is 15.2 Å². The van der Waals surface area contributed by atoms with Crippen LogP contribution in [0.5, 0.6) is 0 Å². The summed E-state index contributed by atoms with van der Waals surface area (Å²) >= 11 is 6.09. The van der Waals surface area contributed by atoms with Gasteiger partial charge in [0.25, 0.3) is 0 Å². The fourth-order valence-electron chi connectivity index (χ4n) is 1.96. The van der Waals surface area contributed by atoms with E-state index in [2.05, 4.69) is 39.6 Å². The highest BCUT2D eigenvalue weighted by Gasteiger charge is 2.10. The van der Waals surface area contributed by atoms with Crippen LogP contribution in [0.15, 0.2) is 45.2 Å². The van der Waals surface area contributed by atoms with Crippen molar-refractivity contribution in [3.8, 4) is 0 Å². The molecule has 1 amide bonds. The molecule has 0 spiro atoms. The molecule has 0 saturated heterocycles. The van der Waals surface area contributed by atoms with E-state index in [4.69, 9.17) is 0 Å². The van der Waals surface area contributed by atoms with Crippen LogP contribution in [-0.4, -0.2) is 32.6 Å². The smallest absolute Gasteiger partial charge is 0.236 e. The number of benzene rings is 1. The van der Waals surface area contributed by atoms with E-state index in [0.29, 0.717) is 10.9 Å². The number of anilines is 1. The van der Waals surface area contributed by atoms with Crippen LogP contribution < -0.4 is 5.32 Å². The van der Waals surface area contributed by atoms with E-state index in [9.17, 15) is 4.79 Å². The van der Waals surface area contributed by atoms with E-state index < -0.39 is 0 Å². The molecule has 3 rings (SSSR count). The monoisotopic (exact) mass is 408 g/mol. The zero-order valence-corrected chi connectivity index (χ0v) is 16.7. The third kappa shape index (κ3) is 5.81. The van der Waals surface area contributed by atoms with Gasteiger partial charge in [-0.3, -0.25) is 4.79 Å². The molecule has 0 aliphatic heterocycles. The second-order valence-corrected chi connectivity index (χ2v) is 9.72. The summed E-state index contributed by atoms with van der Waals surface area (Å²) in [5.74, 6) is 1.19. The molecule has 0 atom stereocenters. The minimum absolute atomic E-state index is 0.0782. The molecule has 2 heterocycles. The molecule has 0 radical (unpaired) electrons. The normalized spacial score (nSPS) is 10.8. The largest absolute Gasteiger partial charge is 0.301 e. The second kappa shape index (κ2) is 9.33. The van der Waals surface area contributed by atoms with E-state index in [1.165, 1.54) is 40.0 Å². The van der Waals surface area contributed by atoms with Gasteiger partial charge in [0.1, 0.15) is 0 Å². The zero-order valence-electron chi connectivity index (χ0n) is 13.5. The van der Waals surface area contributed by atoms with Crippen LogP contribution in [0.1, 0.15) is 17.4 Å². The van der Waals surface area contributed by atoms with Gasteiger partial charge >= 0.3 is 0 Å². The number of hydrogen-bond acceptors (Lipinski definition) is 8. The fourth-order valence-corrected chi connectivity index (χ4v) is 5.54. The maximum Gasteiger partial charge on any atom is 0.236 e. The standard InChI is InChI=1S/C16H16N4OS4/c1-2-22-15-19-20-16(25-15)23-10-13(21)18-14-17-9-12(24-14)8-11-6-4-3-5-7-11/h3-7,9H,2,8,10H2,1H3,(H,17,18,21). The maximum absolute atomic E-state index is 12.1. The Morgan fingerprint density at radius 1 is 1.12 bits per heavy atom. The predicted molar refractivity (Wildman–Crippen MR) is 107 cm³/mol. The number of thiazole rings is 1. The highest BCUT2D eigenvalue weighted by molar-refractivity contribution is 8.03. The third-order valence-corrected chi connectivity index (χ3v) is 6.99. The van der Waals surface area contributed by atoms with Gasteiger partial charge in [-0.25, -0.2) is 4.98 Å². The van der Waals surface area contributed by atoms with Gasteiger partial charge in [-0.15, -0.1) is 21.5 Å². The number of carbonyl (C=O) groups is 1. The lowest BCUT2D eigenvalue weighted by atomic mass is 10.1. The zero-order chi connectivity index (χ0) is 17.5. The third-order valence-electron chi connectivity index (χ3n) is 3.00. The van der Waals surface area contributed by atoms with Crippen molar-refractivity contribution in [3.05, 3.63) is 47.0 Å². The maximum atomic E-state index is 12.1. The summed E-state index contributed by atoms with van der Waals surface area (Å²) in [5, 5.41) is 11.6. The molecular weight excluding hydrogens is 392 g/mol. The first kappa shape index (κ1) is 18.4. The Labute approximate surface area is 162 Å². The summed E-state index contributed by atoms with van der Waals surface area (Å²) in [5.41, 5.74) is 1.23. The van der Waals surface area contributed by atoms with Gasteiger partial charge in [0.2, 0.25) is 5.91 Å². The Balaban J connectivity index is 1.47. The molecule has 25 heavy (non-hydrogen) atoms. The lowest BCUT2D eigenvalue weighted by molar-refractivity contribution is -0.113. The number of thioether (sulfide) groups is 2. The van der Waals surface area contributed by atoms with Gasteiger partial charge in [0.15, 0.2) is 13.8 Å². The summed E-state index contributed by atoms with van der Waals surface area (Å²) in [6, 6.07) is 10.2. The Morgan fingerprint density at radius 2 is 1.88 bits per heavy atom. The van der Waals surface area contributed by atoms with Crippen LogP contribution in [0.25, 0.3) is 0 Å². The minimum atomic E-state index is -0.0782. The van der Waals surface area contributed by atoms with Gasteiger partial charge in [-0.1, -0.05) is 72.1 Å². The van der Waals surface area contributed by atoms with Gasteiger partial charge in [-0.2, -0.15) is 0 Å². The number of aromatic nitrogens is 3. The number of rotatable bonds is 8.